The summed E-state index contributed by atoms with van der Waals surface area (Å²) in [6.45, 7) is -0.177. The molecule has 0 unspecified atom stereocenters. The molecule has 1 aromatic carbocycles. The lowest BCUT2D eigenvalue weighted by Gasteiger charge is -2.07. The third-order valence-electron chi connectivity index (χ3n) is 1.80. The predicted octanol–water partition coefficient (Wildman–Crippen LogP) is 3.41. The standard InChI is InChI=1S/C8H7Cl2N2O5P/c9-18(10,16)17-8(13)11-5-6-3-1-2-4-7(6)12(14)15/h1-4H,5H2,(H,11,13). The zero-order chi connectivity index (χ0) is 13.8. The molecule has 0 fully saturated rings. The third kappa shape index (κ3) is 4.91. The van der Waals surface area contributed by atoms with Crippen molar-refractivity contribution >= 4 is 40.3 Å². The Morgan fingerprint density at radius 3 is 2.61 bits per heavy atom. The number of benzene rings is 1. The average molecular weight is 313 g/mol. The maximum Gasteiger partial charge on any atom is 0.431 e. The minimum Gasteiger partial charge on any atom is -0.373 e. The molecule has 0 aliphatic heterocycles. The molecule has 0 radical (unpaired) electrons. The van der Waals surface area contributed by atoms with E-state index in [1.54, 1.807) is 6.07 Å². The number of nitro benzene ring substituents is 1. The molecule has 10 heteroatoms. The Morgan fingerprint density at radius 1 is 1.44 bits per heavy atom. The highest BCUT2D eigenvalue weighted by Gasteiger charge is 2.21. The van der Waals surface area contributed by atoms with Crippen LogP contribution in [0.2, 0.25) is 0 Å². The van der Waals surface area contributed by atoms with Crippen molar-refractivity contribution < 1.29 is 18.8 Å². The minimum atomic E-state index is -3.98. The quantitative estimate of drug-likeness (QED) is 0.522. The second-order valence-corrected chi connectivity index (χ2v) is 7.23. The topological polar surface area (TPSA) is 98.5 Å². The van der Waals surface area contributed by atoms with Crippen LogP contribution >= 0.6 is 28.6 Å². The van der Waals surface area contributed by atoms with Crippen LogP contribution < -0.4 is 5.32 Å². The van der Waals surface area contributed by atoms with Gasteiger partial charge < -0.3 is 9.84 Å². The Bertz CT molecular complexity index is 518. The van der Waals surface area contributed by atoms with Gasteiger partial charge in [0.15, 0.2) is 0 Å². The van der Waals surface area contributed by atoms with Gasteiger partial charge in [-0.05, 0) is 0 Å². The van der Waals surface area contributed by atoms with Crippen LogP contribution in [0.5, 0.6) is 0 Å². The van der Waals surface area contributed by atoms with Gasteiger partial charge in [-0.15, -0.1) is 0 Å². The van der Waals surface area contributed by atoms with Crippen LogP contribution in [0.25, 0.3) is 0 Å². The summed E-state index contributed by atoms with van der Waals surface area (Å²) in [7, 11) is 0. The van der Waals surface area contributed by atoms with E-state index in [4.69, 9.17) is 22.5 Å². The minimum absolute atomic E-state index is 0.155. The highest BCUT2D eigenvalue weighted by Crippen LogP contribution is 2.57. The first-order chi connectivity index (χ1) is 8.29. The van der Waals surface area contributed by atoms with Crippen molar-refractivity contribution in [2.45, 2.75) is 6.54 Å². The van der Waals surface area contributed by atoms with E-state index in [0.717, 1.165) is 0 Å². The summed E-state index contributed by atoms with van der Waals surface area (Å²) in [5.41, 5.74) is 0.108. The zero-order valence-electron chi connectivity index (χ0n) is 8.71. The second kappa shape index (κ2) is 6.04. The van der Waals surface area contributed by atoms with Gasteiger partial charge >= 0.3 is 12.2 Å². The number of hydrogen-bond donors (Lipinski definition) is 1. The largest absolute Gasteiger partial charge is 0.431 e. The molecule has 1 N–H and O–H groups in total. The molecule has 1 aromatic rings. The molecule has 98 valence electrons. The summed E-state index contributed by atoms with van der Waals surface area (Å²) in [5.74, 6) is 0. The smallest absolute Gasteiger partial charge is 0.373 e. The van der Waals surface area contributed by atoms with Gasteiger partial charge in [0.25, 0.3) is 5.69 Å². The zero-order valence-corrected chi connectivity index (χ0v) is 11.1. The first-order valence-corrected chi connectivity index (χ1v) is 7.92. The first-order valence-electron chi connectivity index (χ1n) is 4.48. The number of nitrogens with one attached hydrogen (secondary N) is 1. The normalized spacial score (nSPS) is 10.8. The number of nitro groups is 1. The lowest BCUT2D eigenvalue weighted by atomic mass is 10.2. The number of carbonyl (C=O) groups is 1. The van der Waals surface area contributed by atoms with Gasteiger partial charge in [0.05, 0.1) is 11.5 Å². The molecule has 7 nitrogen and oxygen atoms in total. The summed E-state index contributed by atoms with van der Waals surface area (Å²) in [6.07, 6.45) is -5.10. The van der Waals surface area contributed by atoms with Crippen molar-refractivity contribution in [1.82, 2.24) is 5.32 Å². The van der Waals surface area contributed by atoms with Crippen LogP contribution in [0.15, 0.2) is 24.3 Å². The Morgan fingerprint density at radius 2 is 2.06 bits per heavy atom. The lowest BCUT2D eigenvalue weighted by Crippen LogP contribution is -2.22. The summed E-state index contributed by atoms with van der Waals surface area (Å²) in [5, 5.41) is 12.8. The molecule has 0 spiro atoms. The van der Waals surface area contributed by atoms with Crippen molar-refractivity contribution in [1.29, 1.82) is 0 Å². The van der Waals surface area contributed by atoms with Gasteiger partial charge in [0, 0.05) is 34.1 Å². The molecule has 0 bridgehead atoms. The average Bonchev–Trinajstić information content (AvgIpc) is 2.24. The van der Waals surface area contributed by atoms with Crippen LogP contribution in [0.1, 0.15) is 5.56 Å². The first kappa shape index (κ1) is 14.8. The molecule has 0 saturated carbocycles. The maximum absolute atomic E-state index is 11.1. The fourth-order valence-electron chi connectivity index (χ4n) is 1.13. The molecular formula is C8H7Cl2N2O5P. The van der Waals surface area contributed by atoms with Crippen LogP contribution in [-0.2, 0) is 15.6 Å². The van der Waals surface area contributed by atoms with Crippen LogP contribution in [0, 0.1) is 10.1 Å². The van der Waals surface area contributed by atoms with Crippen molar-refractivity contribution in [3.05, 3.63) is 39.9 Å². The number of amides is 1. The molecule has 0 atom stereocenters. The van der Waals surface area contributed by atoms with Crippen molar-refractivity contribution in [3.63, 3.8) is 0 Å². The van der Waals surface area contributed by atoms with Gasteiger partial charge in [-0.3, -0.25) is 10.1 Å². The molecule has 0 heterocycles. The van der Waals surface area contributed by atoms with E-state index in [9.17, 15) is 19.5 Å². The molecule has 0 saturated heterocycles. The summed E-state index contributed by atoms with van der Waals surface area (Å²) in [6, 6.07) is 5.81. The fraction of sp³-hybridized carbons (Fsp3) is 0.125. The number of para-hydroxylation sites is 1. The lowest BCUT2D eigenvalue weighted by molar-refractivity contribution is -0.385. The summed E-state index contributed by atoms with van der Waals surface area (Å²) in [4.78, 5) is 21.2. The molecule has 1 rings (SSSR count). The highest BCUT2D eigenvalue weighted by atomic mass is 35.9. The van der Waals surface area contributed by atoms with Gasteiger partial charge in [0.2, 0.25) is 0 Å². The summed E-state index contributed by atoms with van der Waals surface area (Å²) < 4.78 is 14.9. The molecule has 18 heavy (non-hydrogen) atoms. The molecular weight excluding hydrogens is 306 g/mol. The molecule has 0 aliphatic rings. The van der Waals surface area contributed by atoms with Crippen molar-refractivity contribution in [2.24, 2.45) is 0 Å². The van der Waals surface area contributed by atoms with Gasteiger partial charge in [0.1, 0.15) is 0 Å². The maximum atomic E-state index is 11.1. The Balaban J connectivity index is 2.67. The van der Waals surface area contributed by atoms with E-state index in [0.29, 0.717) is 0 Å². The van der Waals surface area contributed by atoms with Gasteiger partial charge in [-0.1, -0.05) is 18.2 Å². The highest BCUT2D eigenvalue weighted by molar-refractivity contribution is 8.05. The molecule has 0 aromatic heterocycles. The van der Waals surface area contributed by atoms with Gasteiger partial charge in [-0.2, -0.15) is 0 Å². The van der Waals surface area contributed by atoms with Crippen LogP contribution in [0.4, 0.5) is 10.5 Å². The molecule has 0 aliphatic carbocycles. The van der Waals surface area contributed by atoms with Crippen molar-refractivity contribution in [2.75, 3.05) is 0 Å². The van der Waals surface area contributed by atoms with E-state index in [1.807, 2.05) is 0 Å². The Hall–Kier alpha value is -1.30. The number of halogens is 2. The number of nitrogens with zero attached hydrogens (tertiary/aromatic N) is 1. The van der Waals surface area contributed by atoms with E-state index in [1.165, 1.54) is 18.2 Å². The van der Waals surface area contributed by atoms with E-state index in [-0.39, 0.29) is 17.8 Å². The summed E-state index contributed by atoms with van der Waals surface area (Å²) >= 11 is 10.0. The Labute approximate surface area is 111 Å². The number of rotatable bonds is 4. The SMILES string of the molecule is O=C(NCc1ccccc1[N+](=O)[O-])OP(=O)(Cl)Cl. The number of carbonyl (C=O) groups excluding carboxylic acids is 1. The Kier molecular flexibility index (Phi) is 4.95. The predicted molar refractivity (Wildman–Crippen MR) is 65.7 cm³/mol. The van der Waals surface area contributed by atoms with E-state index < -0.39 is 17.1 Å². The van der Waals surface area contributed by atoms with Gasteiger partial charge in [-0.25, -0.2) is 9.36 Å². The number of hydrogen-bond acceptors (Lipinski definition) is 5. The monoisotopic (exact) mass is 312 g/mol. The second-order valence-electron chi connectivity index (χ2n) is 3.03. The van der Waals surface area contributed by atoms with Crippen LogP contribution in [-0.4, -0.2) is 11.0 Å². The van der Waals surface area contributed by atoms with E-state index >= 15 is 0 Å². The third-order valence-corrected chi connectivity index (χ3v) is 2.59. The fourth-order valence-corrected chi connectivity index (χ4v) is 1.77. The molecule has 1 amide bonds. The van der Waals surface area contributed by atoms with Crippen LogP contribution in [0.3, 0.4) is 0 Å². The van der Waals surface area contributed by atoms with Crippen molar-refractivity contribution in [3.8, 4) is 0 Å². The van der Waals surface area contributed by atoms with E-state index in [2.05, 4.69) is 9.84 Å².